The zero-order valence-electron chi connectivity index (χ0n) is 7.35. The van der Waals surface area contributed by atoms with Crippen molar-refractivity contribution >= 4 is 5.69 Å². The smallest absolute Gasteiger partial charge is 0.102 e. The van der Waals surface area contributed by atoms with Crippen LogP contribution in [0.4, 0.5) is 5.69 Å². The minimum atomic E-state index is -0.722. The van der Waals surface area contributed by atoms with Crippen LogP contribution in [0, 0.1) is 0 Å². The lowest BCUT2D eigenvalue weighted by atomic mass is 10.2. The number of anilines is 1. The molecule has 0 saturated heterocycles. The number of para-hydroxylation sites is 1. The van der Waals surface area contributed by atoms with Gasteiger partial charge < -0.3 is 21.9 Å². The topological polar surface area (TPSA) is 84.3 Å². The van der Waals surface area contributed by atoms with E-state index in [2.05, 4.69) is 5.32 Å². The maximum Gasteiger partial charge on any atom is 0.102 e. The molecule has 0 fully saturated rings. The van der Waals surface area contributed by atoms with Crippen LogP contribution in [0.3, 0.4) is 0 Å². The minimum absolute atomic E-state index is 0.154. The molecule has 0 radical (unpaired) electrons. The van der Waals surface area contributed by atoms with Gasteiger partial charge in [-0.05, 0) is 12.1 Å². The summed E-state index contributed by atoms with van der Waals surface area (Å²) in [4.78, 5) is 0. The average molecular weight is 181 g/mol. The summed E-state index contributed by atoms with van der Waals surface area (Å²) in [5, 5.41) is 12.2. The van der Waals surface area contributed by atoms with Gasteiger partial charge in [0.15, 0.2) is 0 Å². The summed E-state index contributed by atoms with van der Waals surface area (Å²) < 4.78 is 0. The highest BCUT2D eigenvalue weighted by Gasteiger charge is 2.11. The number of nitrogens with one attached hydrogen (secondary N) is 1. The van der Waals surface area contributed by atoms with Crippen molar-refractivity contribution in [2.75, 3.05) is 11.9 Å². The molecule has 0 heterocycles. The van der Waals surface area contributed by atoms with E-state index in [0.717, 1.165) is 5.69 Å². The number of aliphatic hydroxyl groups is 1. The van der Waals surface area contributed by atoms with Gasteiger partial charge in [0.25, 0.3) is 0 Å². The van der Waals surface area contributed by atoms with Crippen molar-refractivity contribution in [3.63, 3.8) is 0 Å². The molecule has 0 aromatic heterocycles. The normalized spacial score (nSPS) is 15.0. The highest BCUT2D eigenvalue weighted by atomic mass is 16.3. The largest absolute Gasteiger partial charge is 0.388 e. The van der Waals surface area contributed by atoms with E-state index in [-0.39, 0.29) is 6.54 Å². The van der Waals surface area contributed by atoms with Gasteiger partial charge in [-0.1, -0.05) is 18.2 Å². The number of hydrogen-bond acceptors (Lipinski definition) is 4. The van der Waals surface area contributed by atoms with Crippen molar-refractivity contribution in [3.05, 3.63) is 30.3 Å². The van der Waals surface area contributed by atoms with Crippen LogP contribution in [-0.2, 0) is 0 Å². The van der Waals surface area contributed by atoms with Crippen LogP contribution in [0.25, 0.3) is 0 Å². The van der Waals surface area contributed by atoms with Crippen LogP contribution in [0.2, 0.25) is 0 Å². The fourth-order valence-corrected chi connectivity index (χ4v) is 0.970. The van der Waals surface area contributed by atoms with E-state index in [4.69, 9.17) is 11.5 Å². The first kappa shape index (κ1) is 9.98. The summed E-state index contributed by atoms with van der Waals surface area (Å²) in [6.45, 7) is 0.154. The lowest BCUT2D eigenvalue weighted by molar-refractivity contribution is 0.162. The molecule has 1 aromatic carbocycles. The van der Waals surface area contributed by atoms with Crippen LogP contribution in [0.5, 0.6) is 0 Å². The van der Waals surface area contributed by atoms with E-state index in [9.17, 15) is 5.11 Å². The van der Waals surface area contributed by atoms with Gasteiger partial charge in [-0.2, -0.15) is 0 Å². The summed E-state index contributed by atoms with van der Waals surface area (Å²) in [6, 6.07) is 9.45. The molecule has 2 unspecified atom stereocenters. The van der Waals surface area contributed by atoms with E-state index in [1.807, 2.05) is 30.3 Å². The van der Waals surface area contributed by atoms with Crippen LogP contribution in [0.1, 0.15) is 0 Å². The molecule has 0 spiro atoms. The van der Waals surface area contributed by atoms with Crippen molar-refractivity contribution in [2.45, 2.75) is 12.3 Å². The highest BCUT2D eigenvalue weighted by molar-refractivity contribution is 5.43. The van der Waals surface area contributed by atoms with Crippen molar-refractivity contribution in [1.82, 2.24) is 0 Å². The first-order valence-electron chi connectivity index (χ1n) is 4.19. The molecular formula is C9H15N3O. The Morgan fingerprint density at radius 3 is 2.46 bits per heavy atom. The van der Waals surface area contributed by atoms with E-state index in [1.54, 1.807) is 0 Å². The molecule has 4 nitrogen and oxygen atoms in total. The Kier molecular flexibility index (Phi) is 3.70. The molecule has 1 aromatic rings. The number of aliphatic hydroxyl groups excluding tert-OH is 1. The number of benzene rings is 1. The molecule has 2 atom stereocenters. The molecular weight excluding hydrogens is 166 g/mol. The van der Waals surface area contributed by atoms with Gasteiger partial charge in [0.2, 0.25) is 0 Å². The molecule has 13 heavy (non-hydrogen) atoms. The fraction of sp³-hybridized carbons (Fsp3) is 0.333. The van der Waals surface area contributed by atoms with Crippen molar-refractivity contribution in [3.8, 4) is 0 Å². The van der Waals surface area contributed by atoms with E-state index < -0.39 is 12.3 Å². The van der Waals surface area contributed by atoms with Crippen molar-refractivity contribution in [2.24, 2.45) is 11.5 Å². The SMILES string of the molecule is NCC(O)C(N)Nc1ccccc1. The second-order valence-corrected chi connectivity index (χ2v) is 2.84. The fourth-order valence-electron chi connectivity index (χ4n) is 0.970. The Morgan fingerprint density at radius 1 is 1.31 bits per heavy atom. The van der Waals surface area contributed by atoms with Gasteiger partial charge in [0, 0.05) is 12.2 Å². The van der Waals surface area contributed by atoms with Crippen molar-refractivity contribution < 1.29 is 5.11 Å². The summed E-state index contributed by atoms with van der Waals surface area (Å²) in [7, 11) is 0. The van der Waals surface area contributed by atoms with E-state index in [0.29, 0.717) is 0 Å². The Hall–Kier alpha value is -1.10. The zero-order chi connectivity index (χ0) is 9.68. The van der Waals surface area contributed by atoms with Crippen molar-refractivity contribution in [1.29, 1.82) is 0 Å². The Labute approximate surface area is 77.6 Å². The van der Waals surface area contributed by atoms with Gasteiger partial charge in [-0.25, -0.2) is 0 Å². The predicted octanol–water partition coefficient (Wildman–Crippen LogP) is -0.297. The zero-order valence-corrected chi connectivity index (χ0v) is 7.35. The monoisotopic (exact) mass is 181 g/mol. The third-order valence-corrected chi connectivity index (χ3v) is 1.76. The summed E-state index contributed by atoms with van der Waals surface area (Å²) in [5.41, 5.74) is 11.8. The summed E-state index contributed by atoms with van der Waals surface area (Å²) in [5.74, 6) is 0. The molecule has 0 amide bonds. The Morgan fingerprint density at radius 2 is 1.92 bits per heavy atom. The number of hydrogen-bond donors (Lipinski definition) is 4. The van der Waals surface area contributed by atoms with E-state index >= 15 is 0 Å². The standard InChI is InChI=1S/C9H15N3O/c10-6-8(13)9(11)12-7-4-2-1-3-5-7/h1-5,8-9,12-13H,6,10-11H2. The third-order valence-electron chi connectivity index (χ3n) is 1.76. The van der Waals surface area contributed by atoms with Gasteiger partial charge in [-0.3, -0.25) is 0 Å². The quantitative estimate of drug-likeness (QED) is 0.481. The second kappa shape index (κ2) is 4.81. The molecule has 0 aliphatic heterocycles. The predicted molar refractivity (Wildman–Crippen MR) is 53.1 cm³/mol. The third kappa shape index (κ3) is 3.02. The molecule has 4 heteroatoms. The molecule has 0 saturated carbocycles. The number of rotatable bonds is 4. The Balaban J connectivity index is 2.50. The van der Waals surface area contributed by atoms with Crippen LogP contribution >= 0.6 is 0 Å². The van der Waals surface area contributed by atoms with E-state index in [1.165, 1.54) is 0 Å². The van der Waals surface area contributed by atoms with Gasteiger partial charge >= 0.3 is 0 Å². The van der Waals surface area contributed by atoms with Crippen LogP contribution in [-0.4, -0.2) is 23.9 Å². The molecule has 6 N–H and O–H groups in total. The van der Waals surface area contributed by atoms with Gasteiger partial charge in [-0.15, -0.1) is 0 Å². The number of nitrogens with two attached hydrogens (primary N) is 2. The van der Waals surface area contributed by atoms with Gasteiger partial charge in [0.1, 0.15) is 6.17 Å². The molecule has 72 valence electrons. The molecule has 0 bridgehead atoms. The maximum absolute atomic E-state index is 9.28. The average Bonchev–Trinajstić information content (AvgIpc) is 2.18. The molecule has 1 rings (SSSR count). The van der Waals surface area contributed by atoms with Gasteiger partial charge in [0.05, 0.1) is 6.10 Å². The Bertz CT molecular complexity index is 240. The highest BCUT2D eigenvalue weighted by Crippen LogP contribution is 2.06. The summed E-state index contributed by atoms with van der Waals surface area (Å²) in [6.07, 6.45) is -1.24. The van der Waals surface area contributed by atoms with Crippen LogP contribution < -0.4 is 16.8 Å². The molecule has 0 aliphatic carbocycles. The molecule has 0 aliphatic rings. The lowest BCUT2D eigenvalue weighted by Crippen LogP contribution is -2.45. The minimum Gasteiger partial charge on any atom is -0.388 e. The first-order chi connectivity index (χ1) is 6.24. The lowest BCUT2D eigenvalue weighted by Gasteiger charge is -2.19. The summed E-state index contributed by atoms with van der Waals surface area (Å²) >= 11 is 0. The second-order valence-electron chi connectivity index (χ2n) is 2.84. The maximum atomic E-state index is 9.28. The van der Waals surface area contributed by atoms with Crippen LogP contribution in [0.15, 0.2) is 30.3 Å². The first-order valence-corrected chi connectivity index (χ1v) is 4.19.